The van der Waals surface area contributed by atoms with Gasteiger partial charge < -0.3 is 4.57 Å². The van der Waals surface area contributed by atoms with Crippen LogP contribution in [0.5, 0.6) is 0 Å². The van der Waals surface area contributed by atoms with Crippen LogP contribution < -0.4 is 0 Å². The molecule has 2 aromatic rings. The van der Waals surface area contributed by atoms with Crippen molar-refractivity contribution in [2.75, 3.05) is 0 Å². The smallest absolute Gasteiger partial charge is 0.348 e. The van der Waals surface area contributed by atoms with Crippen molar-refractivity contribution in [1.82, 2.24) is 4.57 Å². The van der Waals surface area contributed by atoms with Crippen molar-refractivity contribution >= 4 is 0 Å². The van der Waals surface area contributed by atoms with Gasteiger partial charge in [0.1, 0.15) is 0 Å². The third-order valence-corrected chi connectivity index (χ3v) is 2.88. The Balaban J connectivity index is 2.40. The molecular formula is C13H12F3N. The summed E-state index contributed by atoms with van der Waals surface area (Å²) in [7, 11) is 1.89. The normalized spacial score (nSPS) is 11.8. The molecule has 1 nitrogen and oxygen atoms in total. The molecule has 90 valence electrons. The zero-order valence-corrected chi connectivity index (χ0v) is 9.55. The minimum Gasteiger partial charge on any atom is -0.348 e. The van der Waals surface area contributed by atoms with Crippen LogP contribution in [-0.4, -0.2) is 4.57 Å². The summed E-state index contributed by atoms with van der Waals surface area (Å²) in [4.78, 5) is 0. The lowest BCUT2D eigenvalue weighted by atomic mass is 10.1. The summed E-state index contributed by atoms with van der Waals surface area (Å²) in [6.45, 7) is 1.95. The van der Waals surface area contributed by atoms with Gasteiger partial charge in [0.05, 0.1) is 5.56 Å². The first-order valence-corrected chi connectivity index (χ1v) is 5.19. The molecule has 0 unspecified atom stereocenters. The Kier molecular flexibility index (Phi) is 2.73. The predicted molar refractivity (Wildman–Crippen MR) is 60.6 cm³/mol. The van der Waals surface area contributed by atoms with Gasteiger partial charge in [0.2, 0.25) is 0 Å². The van der Waals surface area contributed by atoms with Gasteiger partial charge in [-0.2, -0.15) is 13.2 Å². The fourth-order valence-corrected chi connectivity index (χ4v) is 1.73. The standard InChI is InChI=1S/C13H12F3N/c1-9-3-8-12(17(9)2)10-4-6-11(7-5-10)13(14,15)16/h3-8H,1-2H3. The number of nitrogens with zero attached hydrogens (tertiary/aromatic N) is 1. The highest BCUT2D eigenvalue weighted by atomic mass is 19.4. The first-order valence-electron chi connectivity index (χ1n) is 5.19. The molecule has 0 aliphatic carbocycles. The van der Waals surface area contributed by atoms with E-state index in [9.17, 15) is 13.2 Å². The maximum absolute atomic E-state index is 12.4. The van der Waals surface area contributed by atoms with Crippen LogP contribution in [0.4, 0.5) is 13.2 Å². The van der Waals surface area contributed by atoms with E-state index in [1.54, 1.807) is 0 Å². The van der Waals surface area contributed by atoms with Crippen molar-refractivity contribution in [2.45, 2.75) is 13.1 Å². The van der Waals surface area contributed by atoms with Crippen LogP contribution in [-0.2, 0) is 13.2 Å². The number of aromatic nitrogens is 1. The summed E-state index contributed by atoms with van der Waals surface area (Å²) in [6, 6.07) is 9.05. The van der Waals surface area contributed by atoms with Crippen molar-refractivity contribution in [3.05, 3.63) is 47.7 Å². The third-order valence-electron chi connectivity index (χ3n) is 2.88. The van der Waals surface area contributed by atoms with Crippen LogP contribution >= 0.6 is 0 Å². The van der Waals surface area contributed by atoms with E-state index in [1.165, 1.54) is 12.1 Å². The summed E-state index contributed by atoms with van der Waals surface area (Å²) in [6.07, 6.45) is -4.28. The molecule has 0 spiro atoms. The second-order valence-electron chi connectivity index (χ2n) is 3.99. The van der Waals surface area contributed by atoms with E-state index in [2.05, 4.69) is 0 Å². The molecule has 0 radical (unpaired) electrons. The molecule has 4 heteroatoms. The third kappa shape index (κ3) is 2.20. The molecule has 17 heavy (non-hydrogen) atoms. The number of halogens is 3. The Labute approximate surface area is 97.5 Å². The number of alkyl halides is 3. The molecular weight excluding hydrogens is 227 g/mol. The molecule has 0 N–H and O–H groups in total. The Morgan fingerprint density at radius 2 is 1.53 bits per heavy atom. The van der Waals surface area contributed by atoms with Gasteiger partial charge in [0.15, 0.2) is 0 Å². The molecule has 2 rings (SSSR count). The molecule has 0 aliphatic rings. The van der Waals surface area contributed by atoms with Crippen LogP contribution in [0.1, 0.15) is 11.3 Å². The van der Waals surface area contributed by atoms with Crippen molar-refractivity contribution in [3.8, 4) is 11.3 Å². The zero-order chi connectivity index (χ0) is 12.6. The minimum absolute atomic E-state index is 0.618. The number of aryl methyl sites for hydroxylation is 1. The molecule has 0 saturated heterocycles. The maximum atomic E-state index is 12.4. The second-order valence-corrected chi connectivity index (χ2v) is 3.99. The van der Waals surface area contributed by atoms with Gasteiger partial charge in [0, 0.05) is 18.4 Å². The molecule has 0 amide bonds. The predicted octanol–water partition coefficient (Wildman–Crippen LogP) is 4.02. The monoisotopic (exact) mass is 239 g/mol. The summed E-state index contributed by atoms with van der Waals surface area (Å²) in [5, 5.41) is 0. The Morgan fingerprint density at radius 3 is 1.94 bits per heavy atom. The Hall–Kier alpha value is -1.71. The van der Waals surface area contributed by atoms with Gasteiger partial charge in [-0.25, -0.2) is 0 Å². The first kappa shape index (κ1) is 11.8. The first-order chi connectivity index (χ1) is 7.89. The molecule has 0 bridgehead atoms. The fourth-order valence-electron chi connectivity index (χ4n) is 1.73. The van der Waals surface area contributed by atoms with Crippen LogP contribution in [0.15, 0.2) is 36.4 Å². The lowest BCUT2D eigenvalue weighted by molar-refractivity contribution is -0.137. The summed E-state index contributed by atoms with van der Waals surface area (Å²) >= 11 is 0. The SMILES string of the molecule is Cc1ccc(-c2ccc(C(F)(F)F)cc2)n1C. The molecule has 0 fully saturated rings. The quantitative estimate of drug-likeness (QED) is 0.708. The van der Waals surface area contributed by atoms with Crippen molar-refractivity contribution < 1.29 is 13.2 Å². The van der Waals surface area contributed by atoms with Gasteiger partial charge in [-0.15, -0.1) is 0 Å². The van der Waals surface area contributed by atoms with Gasteiger partial charge in [-0.3, -0.25) is 0 Å². The van der Waals surface area contributed by atoms with E-state index in [0.29, 0.717) is 0 Å². The van der Waals surface area contributed by atoms with Gasteiger partial charge >= 0.3 is 6.18 Å². The topological polar surface area (TPSA) is 4.93 Å². The number of rotatable bonds is 1. The number of benzene rings is 1. The van der Waals surface area contributed by atoms with E-state index in [4.69, 9.17) is 0 Å². The highest BCUT2D eigenvalue weighted by Gasteiger charge is 2.30. The number of hydrogen-bond donors (Lipinski definition) is 0. The van der Waals surface area contributed by atoms with Gasteiger partial charge in [0.25, 0.3) is 0 Å². The average molecular weight is 239 g/mol. The molecule has 1 aromatic carbocycles. The summed E-state index contributed by atoms with van der Waals surface area (Å²) in [5.41, 5.74) is 2.15. The fraction of sp³-hybridized carbons (Fsp3) is 0.231. The van der Waals surface area contributed by atoms with E-state index in [-0.39, 0.29) is 0 Å². The van der Waals surface area contributed by atoms with Gasteiger partial charge in [-0.1, -0.05) is 12.1 Å². The van der Waals surface area contributed by atoms with Crippen molar-refractivity contribution in [3.63, 3.8) is 0 Å². The molecule has 0 atom stereocenters. The van der Waals surface area contributed by atoms with Crippen LogP contribution in [0.25, 0.3) is 11.3 Å². The highest BCUT2D eigenvalue weighted by Crippen LogP contribution is 2.31. The van der Waals surface area contributed by atoms with Crippen molar-refractivity contribution in [2.24, 2.45) is 7.05 Å². The lowest BCUT2D eigenvalue weighted by Gasteiger charge is -2.09. The lowest BCUT2D eigenvalue weighted by Crippen LogP contribution is -2.04. The van der Waals surface area contributed by atoms with E-state index in [1.807, 2.05) is 30.7 Å². The zero-order valence-electron chi connectivity index (χ0n) is 9.55. The van der Waals surface area contributed by atoms with Crippen LogP contribution in [0, 0.1) is 6.92 Å². The summed E-state index contributed by atoms with van der Waals surface area (Å²) in [5.74, 6) is 0. The average Bonchev–Trinajstić information content (AvgIpc) is 2.59. The van der Waals surface area contributed by atoms with E-state index < -0.39 is 11.7 Å². The van der Waals surface area contributed by atoms with Crippen molar-refractivity contribution in [1.29, 1.82) is 0 Å². The van der Waals surface area contributed by atoms with E-state index in [0.717, 1.165) is 29.1 Å². The van der Waals surface area contributed by atoms with Crippen LogP contribution in [0.3, 0.4) is 0 Å². The highest BCUT2D eigenvalue weighted by molar-refractivity contribution is 5.61. The van der Waals surface area contributed by atoms with Crippen LogP contribution in [0.2, 0.25) is 0 Å². The summed E-state index contributed by atoms with van der Waals surface area (Å²) < 4.78 is 39.1. The molecule has 1 heterocycles. The molecule has 0 aliphatic heterocycles. The minimum atomic E-state index is -4.28. The maximum Gasteiger partial charge on any atom is 0.416 e. The van der Waals surface area contributed by atoms with E-state index >= 15 is 0 Å². The number of hydrogen-bond acceptors (Lipinski definition) is 0. The Morgan fingerprint density at radius 1 is 0.941 bits per heavy atom. The molecule has 1 aromatic heterocycles. The molecule has 0 saturated carbocycles. The second kappa shape index (κ2) is 3.95. The Bertz CT molecular complexity index is 521. The largest absolute Gasteiger partial charge is 0.416 e. The van der Waals surface area contributed by atoms with Gasteiger partial charge in [-0.05, 0) is 36.8 Å².